The second-order valence-corrected chi connectivity index (χ2v) is 8.05. The van der Waals surface area contributed by atoms with E-state index in [1.807, 2.05) is 18.2 Å². The molecule has 0 unspecified atom stereocenters. The van der Waals surface area contributed by atoms with Crippen LogP contribution in [0.2, 0.25) is 0 Å². The maximum atomic E-state index is 12.9. The number of nitrogens with one attached hydrogen (secondary N) is 1. The van der Waals surface area contributed by atoms with Crippen LogP contribution in [0.4, 0.5) is 5.69 Å². The second-order valence-electron chi connectivity index (χ2n) is 8.05. The lowest BCUT2D eigenvalue weighted by Gasteiger charge is -2.19. The van der Waals surface area contributed by atoms with Gasteiger partial charge in [0, 0.05) is 11.4 Å². The number of rotatable bonds is 3. The van der Waals surface area contributed by atoms with Crippen LogP contribution in [-0.2, 0) is 37.0 Å². The summed E-state index contributed by atoms with van der Waals surface area (Å²) >= 11 is 0. The standard InChI is InChI=1S/C23H24N4O2/c28-21(25-20-11-5-8-15-6-1-3-9-17(15)20)13-27-14-24-22-18(23(27)29)12-16-7-2-4-10-19(16)26-22/h5,8,11-12,14H,1-4,6-7,9-10,13H2,(H,25,28). The Labute approximate surface area is 169 Å². The van der Waals surface area contributed by atoms with E-state index in [2.05, 4.69) is 21.4 Å². The quantitative estimate of drug-likeness (QED) is 0.748. The molecule has 29 heavy (non-hydrogen) atoms. The molecule has 6 heteroatoms. The number of hydrogen-bond donors (Lipinski definition) is 1. The zero-order valence-electron chi connectivity index (χ0n) is 16.4. The molecule has 0 spiro atoms. The van der Waals surface area contributed by atoms with Crippen LogP contribution in [0.3, 0.4) is 0 Å². The van der Waals surface area contributed by atoms with Gasteiger partial charge in [-0.2, -0.15) is 0 Å². The maximum Gasteiger partial charge on any atom is 0.263 e. The molecule has 1 N–H and O–H groups in total. The molecule has 1 amide bonds. The fourth-order valence-electron chi connectivity index (χ4n) is 4.57. The highest BCUT2D eigenvalue weighted by Crippen LogP contribution is 2.28. The molecule has 2 heterocycles. The molecule has 3 aromatic rings. The van der Waals surface area contributed by atoms with Crippen molar-refractivity contribution < 1.29 is 4.79 Å². The van der Waals surface area contributed by atoms with Crippen molar-refractivity contribution in [3.63, 3.8) is 0 Å². The summed E-state index contributed by atoms with van der Waals surface area (Å²) in [5.74, 6) is -0.210. The minimum atomic E-state index is -0.210. The Morgan fingerprint density at radius 2 is 1.83 bits per heavy atom. The molecular formula is C23H24N4O2. The van der Waals surface area contributed by atoms with Crippen LogP contribution < -0.4 is 10.9 Å². The molecule has 2 aliphatic carbocycles. The first-order chi connectivity index (χ1) is 14.2. The van der Waals surface area contributed by atoms with Crippen molar-refractivity contribution in [3.05, 3.63) is 63.3 Å². The summed E-state index contributed by atoms with van der Waals surface area (Å²) in [6.45, 7) is -0.0530. The van der Waals surface area contributed by atoms with Crippen molar-refractivity contribution >= 4 is 22.6 Å². The van der Waals surface area contributed by atoms with Crippen molar-refractivity contribution in [2.75, 3.05) is 5.32 Å². The number of fused-ring (bicyclic) bond motifs is 3. The molecule has 0 radical (unpaired) electrons. The zero-order valence-corrected chi connectivity index (χ0v) is 16.4. The van der Waals surface area contributed by atoms with Crippen LogP contribution in [0.15, 0.2) is 35.4 Å². The Kier molecular flexibility index (Phi) is 4.62. The average molecular weight is 388 g/mol. The molecule has 0 bridgehead atoms. The molecule has 5 rings (SSSR count). The fraction of sp³-hybridized carbons (Fsp3) is 0.391. The minimum absolute atomic E-state index is 0.0530. The van der Waals surface area contributed by atoms with Gasteiger partial charge >= 0.3 is 0 Å². The van der Waals surface area contributed by atoms with Gasteiger partial charge in [-0.15, -0.1) is 0 Å². The summed E-state index contributed by atoms with van der Waals surface area (Å²) in [5.41, 5.74) is 5.87. The van der Waals surface area contributed by atoms with Gasteiger partial charge in [-0.25, -0.2) is 9.97 Å². The molecule has 2 aliphatic rings. The van der Waals surface area contributed by atoms with Crippen molar-refractivity contribution in [1.82, 2.24) is 14.5 Å². The van der Waals surface area contributed by atoms with Crippen molar-refractivity contribution in [2.45, 2.75) is 57.9 Å². The number of nitrogens with zero attached hydrogens (tertiary/aromatic N) is 3. The Hall–Kier alpha value is -3.02. The van der Waals surface area contributed by atoms with Crippen LogP contribution in [0, 0.1) is 0 Å². The highest BCUT2D eigenvalue weighted by atomic mass is 16.2. The lowest BCUT2D eigenvalue weighted by atomic mass is 9.90. The molecule has 0 saturated heterocycles. The first kappa shape index (κ1) is 18.0. The Morgan fingerprint density at radius 3 is 2.72 bits per heavy atom. The van der Waals surface area contributed by atoms with Gasteiger partial charge in [-0.3, -0.25) is 14.2 Å². The summed E-state index contributed by atoms with van der Waals surface area (Å²) in [5, 5.41) is 3.50. The Balaban J connectivity index is 1.41. The average Bonchev–Trinajstić information content (AvgIpc) is 2.75. The second kappa shape index (κ2) is 7.43. The van der Waals surface area contributed by atoms with Gasteiger partial charge in [0.2, 0.25) is 5.91 Å². The van der Waals surface area contributed by atoms with Gasteiger partial charge in [0.25, 0.3) is 5.56 Å². The van der Waals surface area contributed by atoms with E-state index in [4.69, 9.17) is 0 Å². The molecule has 6 nitrogen and oxygen atoms in total. The largest absolute Gasteiger partial charge is 0.324 e. The highest BCUT2D eigenvalue weighted by Gasteiger charge is 2.17. The molecule has 0 fully saturated rings. The van der Waals surface area contributed by atoms with Crippen LogP contribution >= 0.6 is 0 Å². The monoisotopic (exact) mass is 388 g/mol. The fourth-order valence-corrected chi connectivity index (χ4v) is 4.57. The van der Waals surface area contributed by atoms with E-state index in [0.717, 1.165) is 61.9 Å². The lowest BCUT2D eigenvalue weighted by molar-refractivity contribution is -0.116. The molecule has 1 aromatic carbocycles. The van der Waals surface area contributed by atoms with Crippen LogP contribution in [-0.4, -0.2) is 20.4 Å². The third-order valence-corrected chi connectivity index (χ3v) is 6.08. The number of amides is 1. The molecule has 148 valence electrons. The van der Waals surface area contributed by atoms with Crippen LogP contribution in [0.1, 0.15) is 48.1 Å². The Bertz CT molecular complexity index is 1170. The summed E-state index contributed by atoms with van der Waals surface area (Å²) < 4.78 is 1.38. The van der Waals surface area contributed by atoms with Gasteiger partial charge in [-0.05, 0) is 80.2 Å². The third kappa shape index (κ3) is 3.43. The smallest absolute Gasteiger partial charge is 0.263 e. The maximum absolute atomic E-state index is 12.9. The van der Waals surface area contributed by atoms with E-state index in [0.29, 0.717) is 11.0 Å². The molecule has 0 saturated carbocycles. The predicted octanol–water partition coefficient (Wildman–Crippen LogP) is 3.19. The van der Waals surface area contributed by atoms with E-state index in [9.17, 15) is 9.59 Å². The number of carbonyl (C=O) groups is 1. The summed E-state index contributed by atoms with van der Waals surface area (Å²) in [4.78, 5) is 34.6. The van der Waals surface area contributed by atoms with E-state index in [-0.39, 0.29) is 18.0 Å². The topological polar surface area (TPSA) is 76.9 Å². The summed E-state index contributed by atoms with van der Waals surface area (Å²) in [6, 6.07) is 7.99. The lowest BCUT2D eigenvalue weighted by Crippen LogP contribution is -2.28. The highest BCUT2D eigenvalue weighted by molar-refractivity contribution is 5.91. The molecule has 2 aromatic heterocycles. The van der Waals surface area contributed by atoms with Gasteiger partial charge in [0.1, 0.15) is 12.9 Å². The number of benzene rings is 1. The SMILES string of the molecule is O=C(Cn1cnc2nc3c(cc2c1=O)CCCC3)Nc1cccc2c1CCCC2. The minimum Gasteiger partial charge on any atom is -0.324 e. The summed E-state index contributed by atoms with van der Waals surface area (Å²) in [7, 11) is 0. The van der Waals surface area contributed by atoms with Crippen molar-refractivity contribution in [1.29, 1.82) is 0 Å². The van der Waals surface area contributed by atoms with Gasteiger partial charge in [-0.1, -0.05) is 12.1 Å². The number of anilines is 1. The number of hydrogen-bond acceptors (Lipinski definition) is 4. The van der Waals surface area contributed by atoms with Crippen LogP contribution in [0.5, 0.6) is 0 Å². The number of carbonyl (C=O) groups excluding carboxylic acids is 1. The number of pyridine rings is 1. The van der Waals surface area contributed by atoms with Crippen molar-refractivity contribution in [3.8, 4) is 0 Å². The van der Waals surface area contributed by atoms with E-state index in [1.165, 1.54) is 28.4 Å². The van der Waals surface area contributed by atoms with E-state index < -0.39 is 0 Å². The predicted molar refractivity (Wildman–Crippen MR) is 112 cm³/mol. The first-order valence-electron chi connectivity index (χ1n) is 10.5. The van der Waals surface area contributed by atoms with E-state index in [1.54, 1.807) is 0 Å². The van der Waals surface area contributed by atoms with Crippen LogP contribution in [0.25, 0.3) is 11.0 Å². The molecular weight excluding hydrogens is 364 g/mol. The summed E-state index contributed by atoms with van der Waals surface area (Å²) in [6.07, 6.45) is 9.97. The zero-order chi connectivity index (χ0) is 19.8. The third-order valence-electron chi connectivity index (χ3n) is 6.08. The van der Waals surface area contributed by atoms with Crippen molar-refractivity contribution in [2.24, 2.45) is 0 Å². The molecule has 0 aliphatic heterocycles. The number of aromatic nitrogens is 3. The van der Waals surface area contributed by atoms with Gasteiger partial charge < -0.3 is 5.32 Å². The first-order valence-corrected chi connectivity index (χ1v) is 10.5. The van der Waals surface area contributed by atoms with Gasteiger partial charge in [0.05, 0.1) is 5.39 Å². The Morgan fingerprint density at radius 1 is 1.03 bits per heavy atom. The van der Waals surface area contributed by atoms with E-state index >= 15 is 0 Å². The van der Waals surface area contributed by atoms with Gasteiger partial charge in [0.15, 0.2) is 5.65 Å². The molecule has 0 atom stereocenters. The number of aryl methyl sites for hydroxylation is 3. The normalized spacial score (nSPS) is 15.6.